The molecule has 0 saturated carbocycles. The van der Waals surface area contributed by atoms with Crippen LogP contribution in [0.4, 0.5) is 17.5 Å². The molecule has 2 aromatic heterocycles. The Morgan fingerprint density at radius 1 is 1.05 bits per heavy atom. The lowest BCUT2D eigenvalue weighted by molar-refractivity contribution is 0.157. The first kappa shape index (κ1) is 26.8. The molecule has 37 heavy (non-hydrogen) atoms. The number of nitrogens with zero attached hydrogens (tertiary/aromatic N) is 4. The molecule has 2 unspecified atom stereocenters. The largest absolute Gasteiger partial charge is 0.508 e. The van der Waals surface area contributed by atoms with Gasteiger partial charge in [-0.25, -0.2) is 4.98 Å². The highest BCUT2D eigenvalue weighted by molar-refractivity contribution is 7.63. The maximum atomic E-state index is 11.5. The summed E-state index contributed by atoms with van der Waals surface area (Å²) in [6, 6.07) is 16.4. The second-order valence-electron chi connectivity index (χ2n) is 8.48. The first-order valence-corrected chi connectivity index (χ1v) is 14.2. The van der Waals surface area contributed by atoms with Crippen molar-refractivity contribution >= 4 is 44.7 Å². The number of phenolic OH excluding ortho intramolecular Hbond substituents is 1. The van der Waals surface area contributed by atoms with E-state index in [1.54, 1.807) is 18.5 Å². The minimum absolute atomic E-state index is 0.125. The van der Waals surface area contributed by atoms with Crippen LogP contribution < -0.4 is 10.6 Å². The van der Waals surface area contributed by atoms with Gasteiger partial charge in [-0.15, -0.1) is 0 Å². The second kappa shape index (κ2) is 11.4. The first-order chi connectivity index (χ1) is 17.7. The molecule has 2 aromatic carbocycles. The van der Waals surface area contributed by atoms with Gasteiger partial charge in [-0.2, -0.15) is 9.97 Å². The lowest BCUT2D eigenvalue weighted by Crippen LogP contribution is -2.22. The molecule has 0 aliphatic heterocycles. The summed E-state index contributed by atoms with van der Waals surface area (Å²) in [6.45, 7) is 0.754. The lowest BCUT2D eigenvalue weighted by atomic mass is 10.1. The molecule has 0 fully saturated rings. The Balaban J connectivity index is 1.55. The number of nitrogens with one attached hydrogen (secondary N) is 2. The number of aromatic nitrogens is 4. The number of hydrogen-bond acceptors (Lipinski definition) is 9. The number of imidazole rings is 1. The topological polar surface area (TPSA) is 183 Å². The monoisotopic (exact) mass is 546 g/mol. The molecule has 196 valence electrons. The van der Waals surface area contributed by atoms with E-state index in [1.165, 1.54) is 0 Å². The summed E-state index contributed by atoms with van der Waals surface area (Å²) in [4.78, 5) is 32.2. The molecule has 2 heterocycles. The van der Waals surface area contributed by atoms with Crippen LogP contribution >= 0.6 is 16.1 Å². The van der Waals surface area contributed by atoms with E-state index in [4.69, 9.17) is 0 Å². The zero-order valence-electron chi connectivity index (χ0n) is 19.7. The molecular formula is C23H28N6O6P2. The van der Waals surface area contributed by atoms with Gasteiger partial charge in [0.2, 0.25) is 11.0 Å². The summed E-state index contributed by atoms with van der Waals surface area (Å²) < 4.78 is 24.7. The molecule has 0 bridgehead atoms. The van der Waals surface area contributed by atoms with Crippen LogP contribution in [0.25, 0.3) is 11.2 Å². The molecule has 0 aliphatic rings. The van der Waals surface area contributed by atoms with Crippen molar-refractivity contribution in [2.75, 3.05) is 17.2 Å². The number of fused-ring (bicyclic) bond motifs is 1. The maximum absolute atomic E-state index is 11.5. The molecule has 0 radical (unpaired) electrons. The molecular weight excluding hydrogens is 518 g/mol. The average Bonchev–Trinajstić information content (AvgIpc) is 3.29. The van der Waals surface area contributed by atoms with Crippen molar-refractivity contribution in [1.29, 1.82) is 0 Å². The summed E-state index contributed by atoms with van der Waals surface area (Å²) in [5.74, 6) is 0.928. The molecule has 6 N–H and O–H groups in total. The van der Waals surface area contributed by atoms with Crippen molar-refractivity contribution in [2.24, 2.45) is 0 Å². The Bertz CT molecular complexity index is 1410. The minimum Gasteiger partial charge on any atom is -0.508 e. The van der Waals surface area contributed by atoms with E-state index in [2.05, 4.69) is 25.6 Å². The highest BCUT2D eigenvalue weighted by Gasteiger charge is 2.43. The van der Waals surface area contributed by atoms with Crippen molar-refractivity contribution in [3.8, 4) is 5.75 Å². The summed E-state index contributed by atoms with van der Waals surface area (Å²) in [5.41, 5.74) is 2.97. The highest BCUT2D eigenvalue weighted by atomic mass is 31.2. The smallest absolute Gasteiger partial charge is 0.363 e. The summed E-state index contributed by atoms with van der Waals surface area (Å²) in [5, 5.41) is 23.3. The molecule has 12 nitrogen and oxygen atoms in total. The SMILES string of the molecule is O=[PH2]C(O)(CCCNc1nc(Nc2ccccc2)c2ncn(CCc3ccc(O)cc3)c2n1)P(=O)(O)O. The third-order valence-corrected chi connectivity index (χ3v) is 9.00. The van der Waals surface area contributed by atoms with E-state index in [-0.39, 0.29) is 31.1 Å². The fraction of sp³-hybridized carbons (Fsp3) is 0.261. The van der Waals surface area contributed by atoms with Crippen molar-refractivity contribution in [3.05, 3.63) is 66.5 Å². The van der Waals surface area contributed by atoms with Crippen LogP contribution in [0.5, 0.6) is 5.75 Å². The quantitative estimate of drug-likeness (QED) is 0.113. The first-order valence-electron chi connectivity index (χ1n) is 11.5. The fourth-order valence-electron chi connectivity index (χ4n) is 3.67. The van der Waals surface area contributed by atoms with E-state index in [0.717, 1.165) is 11.3 Å². The van der Waals surface area contributed by atoms with Gasteiger partial charge in [0.25, 0.3) is 0 Å². The van der Waals surface area contributed by atoms with Crippen LogP contribution in [-0.4, -0.2) is 51.1 Å². The Morgan fingerprint density at radius 3 is 2.46 bits per heavy atom. The number of hydrogen-bond donors (Lipinski definition) is 6. The van der Waals surface area contributed by atoms with E-state index in [1.807, 2.05) is 47.0 Å². The van der Waals surface area contributed by atoms with Gasteiger partial charge in [0.05, 0.1) is 6.33 Å². The summed E-state index contributed by atoms with van der Waals surface area (Å²) in [7, 11) is -7.02. The molecule has 14 heteroatoms. The molecule has 0 aliphatic carbocycles. The molecule has 0 amide bonds. The van der Waals surface area contributed by atoms with Crippen molar-refractivity contribution in [1.82, 2.24) is 19.5 Å². The maximum Gasteiger partial charge on any atom is 0.363 e. The van der Waals surface area contributed by atoms with Crippen LogP contribution in [-0.2, 0) is 22.1 Å². The molecule has 2 atom stereocenters. The molecule has 0 saturated heterocycles. The predicted molar refractivity (Wildman–Crippen MR) is 142 cm³/mol. The van der Waals surface area contributed by atoms with Gasteiger partial charge in [0.15, 0.2) is 17.0 Å². The zero-order valence-corrected chi connectivity index (χ0v) is 21.8. The molecule has 4 aromatic rings. The van der Waals surface area contributed by atoms with Crippen LogP contribution in [0.15, 0.2) is 60.9 Å². The number of aliphatic hydroxyl groups is 1. The van der Waals surface area contributed by atoms with E-state index < -0.39 is 21.1 Å². The number of aromatic hydroxyl groups is 1. The summed E-state index contributed by atoms with van der Waals surface area (Å²) in [6.07, 6.45) is 2.14. The Labute approximate surface area is 213 Å². The highest BCUT2D eigenvalue weighted by Crippen LogP contribution is 2.57. The fourth-order valence-corrected chi connectivity index (χ4v) is 4.99. The van der Waals surface area contributed by atoms with Gasteiger partial charge in [-0.3, -0.25) is 4.57 Å². The van der Waals surface area contributed by atoms with E-state index >= 15 is 0 Å². The van der Waals surface area contributed by atoms with Crippen LogP contribution in [0, 0.1) is 0 Å². The van der Waals surface area contributed by atoms with Crippen molar-refractivity contribution in [2.45, 2.75) is 30.9 Å². The predicted octanol–water partition coefficient (Wildman–Crippen LogP) is 3.29. The van der Waals surface area contributed by atoms with Gasteiger partial charge >= 0.3 is 7.60 Å². The zero-order chi connectivity index (χ0) is 26.5. The number of phenols is 1. The number of rotatable bonds is 12. The minimum atomic E-state index is -4.93. The standard InChI is InChI=1S/C23H28N6O6P2/c30-18-9-7-16(8-10-18)11-14-29-15-25-19-20(26-17-5-2-1-3-6-17)27-22(28-21(19)29)24-13-4-12-23(31,36-32)37(33,34)35/h1-3,5-10,15,30-31H,4,11-14,36H2,(H2,33,34,35)(H2,24,26,27,28). The molecule has 4 rings (SSSR count). The number of aryl methyl sites for hydroxylation is 2. The van der Waals surface area contributed by atoms with Gasteiger partial charge in [0, 0.05) is 18.8 Å². The van der Waals surface area contributed by atoms with E-state index in [9.17, 15) is 29.1 Å². The summed E-state index contributed by atoms with van der Waals surface area (Å²) >= 11 is 0. The van der Waals surface area contributed by atoms with Crippen molar-refractivity contribution in [3.63, 3.8) is 0 Å². The van der Waals surface area contributed by atoms with Crippen LogP contribution in [0.3, 0.4) is 0 Å². The average molecular weight is 546 g/mol. The Hall–Kier alpha value is -3.27. The molecule has 0 spiro atoms. The lowest BCUT2D eigenvalue weighted by Gasteiger charge is -2.23. The van der Waals surface area contributed by atoms with Gasteiger partial charge in [-0.1, -0.05) is 30.3 Å². The van der Waals surface area contributed by atoms with E-state index in [0.29, 0.717) is 29.9 Å². The van der Waals surface area contributed by atoms with Crippen molar-refractivity contribution < 1.29 is 29.1 Å². The van der Waals surface area contributed by atoms with Crippen LogP contribution in [0.2, 0.25) is 0 Å². The third kappa shape index (κ3) is 6.54. The van der Waals surface area contributed by atoms with Gasteiger partial charge in [0.1, 0.15) is 14.2 Å². The Kier molecular flexibility index (Phi) is 8.26. The normalized spacial score (nSPS) is 13.7. The Morgan fingerprint density at radius 2 is 1.78 bits per heavy atom. The van der Waals surface area contributed by atoms with Gasteiger partial charge in [-0.05, 0) is 49.1 Å². The number of para-hydroxylation sites is 1. The third-order valence-electron chi connectivity index (χ3n) is 5.78. The van der Waals surface area contributed by atoms with Crippen LogP contribution in [0.1, 0.15) is 18.4 Å². The van der Waals surface area contributed by atoms with Gasteiger partial charge < -0.3 is 39.8 Å². The second-order valence-corrected chi connectivity index (χ2v) is 12.0. The number of benzene rings is 2. The number of anilines is 3.